The van der Waals surface area contributed by atoms with Crippen molar-refractivity contribution in [1.29, 1.82) is 0 Å². The lowest BCUT2D eigenvalue weighted by molar-refractivity contribution is 0.483. The number of imidazole rings is 1. The molecule has 0 unspecified atom stereocenters. The molecule has 0 radical (unpaired) electrons. The van der Waals surface area contributed by atoms with Gasteiger partial charge in [0.2, 0.25) is 0 Å². The molecule has 9 aromatic rings. The predicted octanol–water partition coefficient (Wildman–Crippen LogP) is 10.9. The summed E-state index contributed by atoms with van der Waals surface area (Å²) in [6.45, 7) is 0. The fourth-order valence-corrected chi connectivity index (χ4v) is 6.88. The van der Waals surface area contributed by atoms with E-state index in [1.54, 1.807) is 0 Å². The van der Waals surface area contributed by atoms with Gasteiger partial charge in [0.05, 0.1) is 11.0 Å². The van der Waals surface area contributed by atoms with Crippen LogP contribution in [0.2, 0.25) is 0 Å². The molecule has 6 aromatic carbocycles. The summed E-state index contributed by atoms with van der Waals surface area (Å²) in [6.07, 6.45) is 4.01. The molecule has 0 amide bonds. The van der Waals surface area contributed by atoms with Crippen LogP contribution in [-0.4, -0.2) is 18.7 Å². The van der Waals surface area contributed by atoms with Crippen LogP contribution in [0, 0.1) is 0 Å². The second-order valence-corrected chi connectivity index (χ2v) is 12.0. The first kappa shape index (κ1) is 27.8. The second kappa shape index (κ2) is 11.4. The molecule has 0 N–H and O–H groups in total. The molecule has 0 spiro atoms. The van der Waals surface area contributed by atoms with Crippen molar-refractivity contribution in [3.63, 3.8) is 0 Å². The fourth-order valence-electron chi connectivity index (χ4n) is 6.88. The zero-order valence-electron chi connectivity index (χ0n) is 26.4. The molecule has 0 aliphatic heterocycles. The van der Waals surface area contributed by atoms with Gasteiger partial charge in [-0.1, -0.05) is 72.8 Å². The minimum absolute atomic E-state index is 0.761. The van der Waals surface area contributed by atoms with Gasteiger partial charge >= 0.3 is 0 Å². The van der Waals surface area contributed by atoms with Gasteiger partial charge in [0.15, 0.2) is 17.4 Å². The molecule has 3 aromatic heterocycles. The minimum atomic E-state index is 0.761. The van der Waals surface area contributed by atoms with Crippen molar-refractivity contribution in [3.05, 3.63) is 170 Å². The molecule has 5 nitrogen and oxygen atoms in total. The quantitative estimate of drug-likeness (QED) is 0.174. The third-order valence-corrected chi connectivity index (χ3v) is 9.08. The van der Waals surface area contributed by atoms with Crippen LogP contribution in [0.4, 0.5) is 0 Å². The molecule has 3 heterocycles. The number of hydrogen-bond acceptors (Lipinski definition) is 2. The van der Waals surface area contributed by atoms with Crippen molar-refractivity contribution in [1.82, 2.24) is 18.7 Å². The Hall–Kier alpha value is -6.46. The highest BCUT2D eigenvalue weighted by atomic mass is 16.5. The predicted molar refractivity (Wildman–Crippen MR) is 196 cm³/mol. The molecule has 9 rings (SSSR count). The summed E-state index contributed by atoms with van der Waals surface area (Å²) in [5.74, 6) is 2.39. The van der Waals surface area contributed by atoms with E-state index in [4.69, 9.17) is 9.72 Å². The van der Waals surface area contributed by atoms with Gasteiger partial charge in [0.25, 0.3) is 0 Å². The zero-order chi connectivity index (χ0) is 32.0. The normalized spacial score (nSPS) is 11.4. The third kappa shape index (κ3) is 4.72. The number of para-hydroxylation sites is 3. The summed E-state index contributed by atoms with van der Waals surface area (Å²) in [6, 6.07) is 54.9. The molecule has 0 aliphatic rings. The molecular formula is C43H31N4O+. The average Bonchev–Trinajstić information content (AvgIpc) is 3.66. The molecule has 0 atom stereocenters. The van der Waals surface area contributed by atoms with Gasteiger partial charge in [0.1, 0.15) is 23.0 Å². The first-order valence-electron chi connectivity index (χ1n) is 16.1. The molecule has 48 heavy (non-hydrogen) atoms. The molecule has 0 saturated carbocycles. The molecule has 5 heteroatoms. The van der Waals surface area contributed by atoms with E-state index in [-0.39, 0.29) is 0 Å². The van der Waals surface area contributed by atoms with Crippen LogP contribution < -0.4 is 4.74 Å². The number of hydrogen-bond donors (Lipinski definition) is 0. The number of pyridine rings is 1. The largest absolute Gasteiger partial charge is 0.456 e. The van der Waals surface area contributed by atoms with Crippen molar-refractivity contribution in [2.45, 2.75) is 0 Å². The van der Waals surface area contributed by atoms with E-state index < -0.39 is 0 Å². The van der Waals surface area contributed by atoms with Crippen LogP contribution in [0.1, 0.15) is 0 Å². The number of aryl methyl sites for hydroxylation is 1. The Morgan fingerprint density at radius 2 is 1.21 bits per heavy atom. The molecule has 0 fully saturated rings. The Morgan fingerprint density at radius 3 is 2.06 bits per heavy atom. The Balaban J connectivity index is 1.14. The standard InChI is InChI=1S/C43H31N4O/c1-45-29-46(41-21-10-9-20-40(41)45)32-14-11-15-33(27-32)48-34-22-23-38-37-18-7-8-19-39(37)47(42(38)28-34)43-26-31(24-25-44-43)36-17-6-5-16-35(36)30-12-3-2-4-13-30/h2-29H,1H3/q+1. The van der Waals surface area contributed by atoms with Gasteiger partial charge in [-0.25, -0.2) is 9.55 Å². The summed E-state index contributed by atoms with van der Waals surface area (Å²) in [5.41, 5.74) is 10.1. The summed E-state index contributed by atoms with van der Waals surface area (Å²) in [4.78, 5) is 4.91. The van der Waals surface area contributed by atoms with Gasteiger partial charge < -0.3 is 4.74 Å². The van der Waals surface area contributed by atoms with E-state index in [2.05, 4.69) is 173 Å². The summed E-state index contributed by atoms with van der Waals surface area (Å²) in [5, 5.41) is 2.32. The Bertz CT molecular complexity index is 2620. The second-order valence-electron chi connectivity index (χ2n) is 12.0. The highest BCUT2D eigenvalue weighted by Gasteiger charge is 2.17. The summed E-state index contributed by atoms with van der Waals surface area (Å²) >= 11 is 0. The maximum Gasteiger partial charge on any atom is 0.191 e. The number of nitrogens with zero attached hydrogens (tertiary/aromatic N) is 4. The lowest BCUT2D eigenvalue weighted by atomic mass is 9.95. The van der Waals surface area contributed by atoms with E-state index in [0.717, 1.165) is 50.5 Å². The fraction of sp³-hybridized carbons (Fsp3) is 0.0233. The number of aromatic nitrogens is 4. The first-order chi connectivity index (χ1) is 23.7. The Kier molecular flexibility index (Phi) is 6.61. The van der Waals surface area contributed by atoms with Crippen molar-refractivity contribution in [2.24, 2.45) is 7.05 Å². The monoisotopic (exact) mass is 619 g/mol. The van der Waals surface area contributed by atoms with Crippen LogP contribution >= 0.6 is 0 Å². The molecule has 0 aliphatic carbocycles. The maximum absolute atomic E-state index is 6.56. The van der Waals surface area contributed by atoms with Gasteiger partial charge in [-0.3, -0.25) is 4.57 Å². The number of benzene rings is 6. The van der Waals surface area contributed by atoms with E-state index in [1.165, 1.54) is 27.6 Å². The Labute approximate surface area is 278 Å². The lowest BCUT2D eigenvalue weighted by Crippen LogP contribution is -1.98. The third-order valence-electron chi connectivity index (χ3n) is 9.08. The summed E-state index contributed by atoms with van der Waals surface area (Å²) in [7, 11) is 2.07. The Morgan fingerprint density at radius 1 is 0.521 bits per heavy atom. The highest BCUT2D eigenvalue weighted by molar-refractivity contribution is 6.09. The van der Waals surface area contributed by atoms with E-state index in [1.807, 2.05) is 18.3 Å². The topological polar surface area (TPSA) is 36.9 Å². The van der Waals surface area contributed by atoms with E-state index in [9.17, 15) is 0 Å². The first-order valence-corrected chi connectivity index (χ1v) is 16.1. The van der Waals surface area contributed by atoms with Crippen LogP contribution in [-0.2, 0) is 7.05 Å². The summed E-state index contributed by atoms with van der Waals surface area (Å²) < 4.78 is 13.1. The van der Waals surface area contributed by atoms with Gasteiger partial charge in [-0.15, -0.1) is 0 Å². The van der Waals surface area contributed by atoms with Gasteiger partial charge in [-0.05, 0) is 76.9 Å². The van der Waals surface area contributed by atoms with Crippen molar-refractivity contribution in [2.75, 3.05) is 0 Å². The van der Waals surface area contributed by atoms with E-state index in [0.29, 0.717) is 0 Å². The smallest absolute Gasteiger partial charge is 0.191 e. The minimum Gasteiger partial charge on any atom is -0.456 e. The van der Waals surface area contributed by atoms with Crippen molar-refractivity contribution in [3.8, 4) is 45.3 Å². The van der Waals surface area contributed by atoms with Crippen LogP contribution in [0.15, 0.2) is 170 Å². The van der Waals surface area contributed by atoms with Gasteiger partial charge in [0, 0.05) is 54.3 Å². The number of rotatable bonds is 6. The average molecular weight is 620 g/mol. The van der Waals surface area contributed by atoms with Crippen LogP contribution in [0.5, 0.6) is 11.5 Å². The highest BCUT2D eigenvalue weighted by Crippen LogP contribution is 2.37. The maximum atomic E-state index is 6.56. The molecular weight excluding hydrogens is 589 g/mol. The van der Waals surface area contributed by atoms with Crippen molar-refractivity contribution < 1.29 is 4.74 Å². The van der Waals surface area contributed by atoms with Crippen LogP contribution in [0.3, 0.4) is 0 Å². The molecule has 228 valence electrons. The molecule has 0 bridgehead atoms. The number of ether oxygens (including phenoxy) is 1. The van der Waals surface area contributed by atoms with Gasteiger partial charge in [-0.2, -0.15) is 4.57 Å². The number of fused-ring (bicyclic) bond motifs is 4. The van der Waals surface area contributed by atoms with E-state index >= 15 is 0 Å². The van der Waals surface area contributed by atoms with Crippen LogP contribution in [0.25, 0.3) is 66.6 Å². The van der Waals surface area contributed by atoms with Crippen molar-refractivity contribution >= 4 is 32.8 Å². The zero-order valence-corrected chi connectivity index (χ0v) is 26.4. The molecule has 0 saturated heterocycles. The SMILES string of the molecule is Cn1[cH+]n(-c2cccc(Oc3ccc4c5ccccc5n(-c5cc(-c6ccccc6-c6ccccc6)ccn5)c4c3)c2)c2ccccc21. The lowest BCUT2D eigenvalue weighted by Gasteiger charge is -2.13.